The van der Waals surface area contributed by atoms with E-state index in [9.17, 15) is 15.0 Å². The lowest BCUT2D eigenvalue weighted by atomic mass is 10.1. The highest BCUT2D eigenvalue weighted by Gasteiger charge is 2.13. The molecule has 6 nitrogen and oxygen atoms in total. The Hall–Kier alpha value is -1.98. The number of hydrogen-bond donors (Lipinski definition) is 0. The Morgan fingerprint density at radius 1 is 1.43 bits per heavy atom. The molecular weight excluding hydrogens is 188 g/mol. The van der Waals surface area contributed by atoms with Crippen molar-refractivity contribution in [2.24, 2.45) is 5.18 Å². The number of rotatable bonds is 5. The van der Waals surface area contributed by atoms with Crippen LogP contribution in [-0.2, 0) is 4.84 Å². The molecule has 0 aliphatic carbocycles. The third kappa shape index (κ3) is 2.81. The van der Waals surface area contributed by atoms with Gasteiger partial charge in [-0.05, 0) is 5.56 Å². The van der Waals surface area contributed by atoms with Gasteiger partial charge in [-0.2, -0.15) is 4.91 Å². The smallest absolute Gasteiger partial charge is 0.294 e. The Balaban J connectivity index is 2.63. The number of benzene rings is 1. The quantitative estimate of drug-likeness (QED) is 0.407. The van der Waals surface area contributed by atoms with Crippen LogP contribution >= 0.6 is 0 Å². The van der Waals surface area contributed by atoms with Gasteiger partial charge in [-0.3, -0.25) is 0 Å². The first kappa shape index (κ1) is 10.1. The highest BCUT2D eigenvalue weighted by Crippen LogP contribution is 2.16. The molecule has 6 heteroatoms. The molecule has 1 aromatic rings. The van der Waals surface area contributed by atoms with Crippen molar-refractivity contribution in [3.63, 3.8) is 0 Å². The summed E-state index contributed by atoms with van der Waals surface area (Å²) in [6.07, 6.45) is 0. The van der Waals surface area contributed by atoms with Crippen molar-refractivity contribution in [3.05, 3.63) is 50.9 Å². The van der Waals surface area contributed by atoms with E-state index in [2.05, 4.69) is 10.0 Å². The molecule has 0 spiro atoms. The summed E-state index contributed by atoms with van der Waals surface area (Å²) in [6, 6.07) is 7.71. The molecule has 0 aliphatic heterocycles. The van der Waals surface area contributed by atoms with Gasteiger partial charge >= 0.3 is 0 Å². The van der Waals surface area contributed by atoms with Crippen LogP contribution < -0.4 is 0 Å². The molecule has 1 atom stereocenters. The third-order valence-corrected chi connectivity index (χ3v) is 1.65. The van der Waals surface area contributed by atoms with Crippen molar-refractivity contribution >= 4 is 0 Å². The minimum absolute atomic E-state index is 0.347. The molecule has 0 N–H and O–H groups in total. The lowest BCUT2D eigenvalue weighted by Gasteiger charge is -2.06. The van der Waals surface area contributed by atoms with Crippen molar-refractivity contribution in [2.75, 3.05) is 6.61 Å². The Kier molecular flexibility index (Phi) is 3.54. The van der Waals surface area contributed by atoms with Gasteiger partial charge in [0.05, 0.1) is 0 Å². The molecule has 1 aromatic carbocycles. The second kappa shape index (κ2) is 4.90. The number of nitrogens with zero attached hydrogens (tertiary/aromatic N) is 2. The highest BCUT2D eigenvalue weighted by atomic mass is 16.9. The molecule has 0 aromatic heterocycles. The van der Waals surface area contributed by atoms with Crippen LogP contribution in [0.5, 0.6) is 0 Å². The molecule has 1 rings (SSSR count). The summed E-state index contributed by atoms with van der Waals surface area (Å²) in [7, 11) is 0. The van der Waals surface area contributed by atoms with Crippen molar-refractivity contribution in [1.82, 2.24) is 0 Å². The first-order valence-electron chi connectivity index (χ1n) is 3.88. The molecule has 0 radical (unpaired) electrons. The number of hydrogen-bond acceptors (Lipinski definition) is 5. The summed E-state index contributed by atoms with van der Waals surface area (Å²) in [5, 5.41) is 11.7. The van der Waals surface area contributed by atoms with E-state index in [0.717, 1.165) is 0 Å². The summed E-state index contributed by atoms with van der Waals surface area (Å²) in [6.45, 7) is -0.347. The van der Waals surface area contributed by atoms with E-state index in [0.29, 0.717) is 5.56 Å². The van der Waals surface area contributed by atoms with E-state index in [4.69, 9.17) is 0 Å². The molecule has 0 saturated heterocycles. The van der Waals surface area contributed by atoms with Crippen molar-refractivity contribution < 1.29 is 9.92 Å². The molecule has 0 heterocycles. The number of nitroso groups, excluding NO2 is 1. The van der Waals surface area contributed by atoms with Gasteiger partial charge in [-0.25, -0.2) is 0 Å². The summed E-state index contributed by atoms with van der Waals surface area (Å²) in [4.78, 5) is 24.3. The average molecular weight is 196 g/mol. The van der Waals surface area contributed by atoms with Crippen LogP contribution in [0.3, 0.4) is 0 Å². The largest absolute Gasteiger partial charge is 0.311 e. The van der Waals surface area contributed by atoms with Gasteiger partial charge in [0.1, 0.15) is 12.6 Å². The normalized spacial score (nSPS) is 11.7. The fraction of sp³-hybridized carbons (Fsp3) is 0.250. The predicted octanol–water partition coefficient (Wildman–Crippen LogP) is 1.70. The van der Waals surface area contributed by atoms with Crippen LogP contribution in [0.2, 0.25) is 0 Å². The zero-order valence-electron chi connectivity index (χ0n) is 7.20. The van der Waals surface area contributed by atoms with Crippen LogP contribution in [0.1, 0.15) is 11.6 Å². The van der Waals surface area contributed by atoms with Crippen molar-refractivity contribution in [3.8, 4) is 0 Å². The van der Waals surface area contributed by atoms with Gasteiger partial charge in [0.25, 0.3) is 5.09 Å². The maximum Gasteiger partial charge on any atom is 0.294 e. The predicted molar refractivity (Wildman–Crippen MR) is 47.9 cm³/mol. The molecule has 0 amide bonds. The topological polar surface area (TPSA) is 81.8 Å². The maximum atomic E-state index is 10.4. The highest BCUT2D eigenvalue weighted by molar-refractivity contribution is 5.18. The lowest BCUT2D eigenvalue weighted by Crippen LogP contribution is -2.09. The Morgan fingerprint density at radius 3 is 2.57 bits per heavy atom. The molecule has 0 aliphatic rings. The molecule has 1 unspecified atom stereocenters. The second-order valence-electron chi connectivity index (χ2n) is 2.55. The molecular formula is C8H8N2O4. The third-order valence-electron chi connectivity index (χ3n) is 1.65. The molecule has 74 valence electrons. The standard InChI is InChI=1S/C8H8N2O4/c11-9-8(6-14-10(12)13)7-4-2-1-3-5-7/h1-5,8H,6H2. The molecule has 14 heavy (non-hydrogen) atoms. The SMILES string of the molecule is O=NC(CO[N+](=O)[O-])c1ccccc1. The monoisotopic (exact) mass is 196 g/mol. The first-order valence-corrected chi connectivity index (χ1v) is 3.88. The molecule has 0 saturated carbocycles. The van der Waals surface area contributed by atoms with Gasteiger partial charge in [-0.1, -0.05) is 35.5 Å². The molecule has 0 fully saturated rings. The Bertz CT molecular complexity index is 314. The van der Waals surface area contributed by atoms with E-state index < -0.39 is 11.1 Å². The van der Waals surface area contributed by atoms with Crippen molar-refractivity contribution in [2.45, 2.75) is 6.04 Å². The second-order valence-corrected chi connectivity index (χ2v) is 2.55. The summed E-state index contributed by atoms with van der Waals surface area (Å²) < 4.78 is 0. The Morgan fingerprint density at radius 2 is 2.07 bits per heavy atom. The average Bonchev–Trinajstić information content (AvgIpc) is 2.20. The summed E-state index contributed by atoms with van der Waals surface area (Å²) in [5.74, 6) is 0. The van der Waals surface area contributed by atoms with Crippen LogP contribution in [-0.4, -0.2) is 11.7 Å². The molecule has 0 bridgehead atoms. The van der Waals surface area contributed by atoms with E-state index in [1.807, 2.05) is 0 Å². The first-order chi connectivity index (χ1) is 6.74. The minimum Gasteiger partial charge on any atom is -0.311 e. The minimum atomic E-state index is -0.943. The van der Waals surface area contributed by atoms with E-state index in [1.54, 1.807) is 30.3 Å². The fourth-order valence-corrected chi connectivity index (χ4v) is 0.994. The summed E-state index contributed by atoms with van der Waals surface area (Å²) >= 11 is 0. The maximum absolute atomic E-state index is 10.4. The van der Waals surface area contributed by atoms with E-state index in [1.165, 1.54) is 0 Å². The van der Waals surface area contributed by atoms with Crippen LogP contribution in [0.4, 0.5) is 0 Å². The van der Waals surface area contributed by atoms with Crippen LogP contribution in [0.15, 0.2) is 35.5 Å². The van der Waals surface area contributed by atoms with Gasteiger partial charge in [0.15, 0.2) is 0 Å². The summed E-state index contributed by atoms with van der Waals surface area (Å²) in [5.41, 5.74) is 0.601. The van der Waals surface area contributed by atoms with Crippen LogP contribution in [0, 0.1) is 15.0 Å². The zero-order valence-corrected chi connectivity index (χ0v) is 7.20. The van der Waals surface area contributed by atoms with Gasteiger partial charge in [0.2, 0.25) is 0 Å². The van der Waals surface area contributed by atoms with Crippen LogP contribution in [0.25, 0.3) is 0 Å². The lowest BCUT2D eigenvalue weighted by molar-refractivity contribution is -0.758. The van der Waals surface area contributed by atoms with E-state index >= 15 is 0 Å². The van der Waals surface area contributed by atoms with Crippen molar-refractivity contribution in [1.29, 1.82) is 0 Å². The zero-order chi connectivity index (χ0) is 10.4. The van der Waals surface area contributed by atoms with E-state index in [-0.39, 0.29) is 6.61 Å². The van der Waals surface area contributed by atoms with Gasteiger partial charge in [0, 0.05) is 0 Å². The Labute approximate surface area is 79.6 Å². The van der Waals surface area contributed by atoms with Gasteiger partial charge in [-0.15, -0.1) is 10.1 Å². The fourth-order valence-electron chi connectivity index (χ4n) is 0.994. The van der Waals surface area contributed by atoms with Gasteiger partial charge < -0.3 is 4.84 Å².